The van der Waals surface area contributed by atoms with E-state index < -0.39 is 11.8 Å². The molecule has 0 aliphatic rings. The summed E-state index contributed by atoms with van der Waals surface area (Å²) >= 11 is 8.66. The quantitative estimate of drug-likeness (QED) is 0.615. The molecule has 0 N–H and O–H groups in total. The molecule has 2 nitrogen and oxygen atoms in total. The largest absolute Gasteiger partial charge is 0.465 e. The van der Waals surface area contributed by atoms with Gasteiger partial charge < -0.3 is 4.74 Å². The highest BCUT2D eigenvalue weighted by atomic mass is 79.9. The average molecular weight is 282 g/mol. The van der Waals surface area contributed by atoms with E-state index in [1.54, 1.807) is 0 Å². The SMILES string of the molecule is COC(=O)c1cc(Br)cc(CCl)c1F. The molecule has 14 heavy (non-hydrogen) atoms. The molecule has 0 atom stereocenters. The summed E-state index contributed by atoms with van der Waals surface area (Å²) in [6.07, 6.45) is 0. The first-order valence-corrected chi connectivity index (χ1v) is 5.05. The third-order valence-electron chi connectivity index (χ3n) is 1.66. The molecule has 0 amide bonds. The van der Waals surface area contributed by atoms with Crippen molar-refractivity contribution in [2.45, 2.75) is 5.88 Å². The molecule has 0 bridgehead atoms. The third kappa shape index (κ3) is 2.25. The van der Waals surface area contributed by atoms with Gasteiger partial charge >= 0.3 is 5.97 Å². The smallest absolute Gasteiger partial charge is 0.340 e. The van der Waals surface area contributed by atoms with Crippen molar-refractivity contribution in [2.24, 2.45) is 0 Å². The fraction of sp³-hybridized carbons (Fsp3) is 0.222. The van der Waals surface area contributed by atoms with E-state index in [1.807, 2.05) is 0 Å². The molecule has 0 saturated heterocycles. The molecule has 76 valence electrons. The topological polar surface area (TPSA) is 26.3 Å². The average Bonchev–Trinajstić information content (AvgIpc) is 2.19. The van der Waals surface area contributed by atoms with E-state index >= 15 is 0 Å². The number of esters is 1. The molecule has 1 aromatic rings. The first-order valence-electron chi connectivity index (χ1n) is 3.72. The summed E-state index contributed by atoms with van der Waals surface area (Å²) in [4.78, 5) is 11.1. The first kappa shape index (κ1) is 11.5. The Balaban J connectivity index is 3.29. The summed E-state index contributed by atoms with van der Waals surface area (Å²) in [6.45, 7) is 0. The highest BCUT2D eigenvalue weighted by Gasteiger charge is 2.16. The van der Waals surface area contributed by atoms with Gasteiger partial charge in [-0.1, -0.05) is 15.9 Å². The predicted molar refractivity (Wildman–Crippen MR) is 55.0 cm³/mol. The molecule has 0 spiro atoms. The Kier molecular flexibility index (Phi) is 3.89. The van der Waals surface area contributed by atoms with Gasteiger partial charge in [0.2, 0.25) is 0 Å². The van der Waals surface area contributed by atoms with Gasteiger partial charge in [0.25, 0.3) is 0 Å². The zero-order valence-corrected chi connectivity index (χ0v) is 9.65. The van der Waals surface area contributed by atoms with Crippen LogP contribution in [0.15, 0.2) is 16.6 Å². The molecule has 1 rings (SSSR count). The minimum Gasteiger partial charge on any atom is -0.465 e. The van der Waals surface area contributed by atoms with Gasteiger partial charge in [-0.3, -0.25) is 0 Å². The molecule has 0 aliphatic carbocycles. The number of carbonyl (C=O) groups is 1. The second-order valence-corrected chi connectivity index (χ2v) is 3.73. The third-order valence-corrected chi connectivity index (χ3v) is 2.41. The molecule has 0 fully saturated rings. The Morgan fingerprint density at radius 1 is 1.64 bits per heavy atom. The number of halogens is 3. The lowest BCUT2D eigenvalue weighted by Crippen LogP contribution is -2.06. The Morgan fingerprint density at radius 3 is 2.79 bits per heavy atom. The van der Waals surface area contributed by atoms with Gasteiger partial charge in [-0.15, -0.1) is 11.6 Å². The fourth-order valence-electron chi connectivity index (χ4n) is 1.00. The van der Waals surface area contributed by atoms with Crippen molar-refractivity contribution in [1.82, 2.24) is 0 Å². The van der Waals surface area contributed by atoms with Gasteiger partial charge in [-0.25, -0.2) is 9.18 Å². The maximum absolute atomic E-state index is 13.5. The molecule has 1 aromatic carbocycles. The molecule has 0 aliphatic heterocycles. The van der Waals surface area contributed by atoms with Crippen LogP contribution in [0.2, 0.25) is 0 Å². The van der Waals surface area contributed by atoms with Crippen LogP contribution >= 0.6 is 27.5 Å². The van der Waals surface area contributed by atoms with Gasteiger partial charge in [0.1, 0.15) is 5.82 Å². The van der Waals surface area contributed by atoms with Crippen molar-refractivity contribution in [3.05, 3.63) is 33.5 Å². The zero-order chi connectivity index (χ0) is 10.7. The van der Waals surface area contributed by atoms with E-state index in [2.05, 4.69) is 20.7 Å². The Bertz CT molecular complexity index is 368. The maximum Gasteiger partial charge on any atom is 0.340 e. The number of hydrogen-bond donors (Lipinski definition) is 0. The number of carbonyl (C=O) groups excluding carboxylic acids is 1. The van der Waals surface area contributed by atoms with Crippen molar-refractivity contribution in [3.63, 3.8) is 0 Å². The van der Waals surface area contributed by atoms with Crippen molar-refractivity contribution in [2.75, 3.05) is 7.11 Å². The number of benzene rings is 1. The Labute approximate surface area is 94.1 Å². The minimum absolute atomic E-state index is 0.00919. The normalized spacial score (nSPS) is 10.0. The summed E-state index contributed by atoms with van der Waals surface area (Å²) in [5.41, 5.74) is 0.152. The van der Waals surface area contributed by atoms with Crippen molar-refractivity contribution >= 4 is 33.5 Å². The molecular formula is C9H7BrClFO2. The van der Waals surface area contributed by atoms with Crippen molar-refractivity contribution < 1.29 is 13.9 Å². The summed E-state index contributed by atoms with van der Waals surface area (Å²) in [6, 6.07) is 2.88. The van der Waals surface area contributed by atoms with Gasteiger partial charge in [-0.05, 0) is 12.1 Å². The number of hydrogen-bond acceptors (Lipinski definition) is 2. The molecular weight excluding hydrogens is 274 g/mol. The van der Waals surface area contributed by atoms with E-state index in [1.165, 1.54) is 19.2 Å². The van der Waals surface area contributed by atoms with Crippen LogP contribution in [-0.2, 0) is 10.6 Å². The van der Waals surface area contributed by atoms with E-state index in [0.717, 1.165) is 0 Å². The van der Waals surface area contributed by atoms with E-state index in [0.29, 0.717) is 4.47 Å². The number of alkyl halides is 1. The standard InChI is InChI=1S/C9H7BrClFO2/c1-14-9(13)7-3-6(10)2-5(4-11)8(7)12/h2-3H,4H2,1H3. The monoisotopic (exact) mass is 280 g/mol. The van der Waals surface area contributed by atoms with Gasteiger partial charge in [0, 0.05) is 10.0 Å². The summed E-state index contributed by atoms with van der Waals surface area (Å²) in [5.74, 6) is -1.33. The Morgan fingerprint density at radius 2 is 2.29 bits per heavy atom. The lowest BCUT2D eigenvalue weighted by atomic mass is 10.1. The van der Waals surface area contributed by atoms with E-state index in [4.69, 9.17) is 11.6 Å². The lowest BCUT2D eigenvalue weighted by molar-refractivity contribution is 0.0595. The van der Waals surface area contributed by atoms with Crippen molar-refractivity contribution in [3.8, 4) is 0 Å². The number of rotatable bonds is 2. The molecule has 0 heterocycles. The molecule has 0 unspecified atom stereocenters. The highest BCUT2D eigenvalue weighted by Crippen LogP contribution is 2.22. The van der Waals surface area contributed by atoms with Gasteiger partial charge in [-0.2, -0.15) is 0 Å². The number of ether oxygens (including phenoxy) is 1. The second-order valence-electron chi connectivity index (χ2n) is 2.55. The molecule has 0 aromatic heterocycles. The molecule has 5 heteroatoms. The van der Waals surface area contributed by atoms with Crippen LogP contribution in [0, 0.1) is 5.82 Å². The summed E-state index contributed by atoms with van der Waals surface area (Å²) < 4.78 is 18.5. The molecule has 0 saturated carbocycles. The fourth-order valence-corrected chi connectivity index (χ4v) is 1.70. The van der Waals surface area contributed by atoms with Crippen LogP contribution in [0.4, 0.5) is 4.39 Å². The second kappa shape index (κ2) is 4.75. The van der Waals surface area contributed by atoms with E-state index in [9.17, 15) is 9.18 Å². The van der Waals surface area contributed by atoms with Crippen LogP contribution in [-0.4, -0.2) is 13.1 Å². The van der Waals surface area contributed by atoms with Gasteiger partial charge in [0.15, 0.2) is 0 Å². The van der Waals surface area contributed by atoms with Crippen molar-refractivity contribution in [1.29, 1.82) is 0 Å². The summed E-state index contributed by atoms with van der Waals surface area (Å²) in [7, 11) is 1.20. The number of methoxy groups -OCH3 is 1. The zero-order valence-electron chi connectivity index (χ0n) is 7.31. The van der Waals surface area contributed by atoms with Crippen LogP contribution in [0.3, 0.4) is 0 Å². The van der Waals surface area contributed by atoms with Gasteiger partial charge in [0.05, 0.1) is 18.6 Å². The highest BCUT2D eigenvalue weighted by molar-refractivity contribution is 9.10. The lowest BCUT2D eigenvalue weighted by Gasteiger charge is -2.05. The molecule has 0 radical (unpaired) electrons. The summed E-state index contributed by atoms with van der Waals surface area (Å²) in [5, 5.41) is 0. The first-order chi connectivity index (χ1) is 6.60. The van der Waals surface area contributed by atoms with Crippen LogP contribution in [0.25, 0.3) is 0 Å². The van der Waals surface area contributed by atoms with Crippen LogP contribution in [0.5, 0.6) is 0 Å². The Hall–Kier alpha value is -0.610. The predicted octanol–water partition coefficient (Wildman–Crippen LogP) is 3.11. The van der Waals surface area contributed by atoms with Crippen LogP contribution in [0.1, 0.15) is 15.9 Å². The van der Waals surface area contributed by atoms with Crippen LogP contribution < -0.4 is 0 Å². The maximum atomic E-state index is 13.5. The van der Waals surface area contributed by atoms with E-state index in [-0.39, 0.29) is 17.0 Å². The minimum atomic E-state index is -0.713.